The maximum absolute atomic E-state index is 12.9. The van der Waals surface area contributed by atoms with Crippen LogP contribution in [0.5, 0.6) is 5.75 Å². The fourth-order valence-electron chi connectivity index (χ4n) is 3.02. The van der Waals surface area contributed by atoms with Gasteiger partial charge in [0.25, 0.3) is 5.91 Å². The molecule has 1 unspecified atom stereocenters. The third-order valence-corrected chi connectivity index (χ3v) is 6.64. The third kappa shape index (κ3) is 5.94. The summed E-state index contributed by atoms with van der Waals surface area (Å²) in [7, 11) is -2.52. The molecule has 162 valence electrons. The van der Waals surface area contributed by atoms with Crippen molar-refractivity contribution in [3.63, 3.8) is 0 Å². The summed E-state index contributed by atoms with van der Waals surface area (Å²) in [6, 6.07) is 20.9. The SMILES string of the molecule is COc1ccc(C(=O)NC(C)c2cccc(Br)c2)cc1S(=O)(=O)NCc1ccccc1. The van der Waals surface area contributed by atoms with Crippen molar-refractivity contribution in [2.24, 2.45) is 0 Å². The molecule has 0 saturated heterocycles. The number of carbonyl (C=O) groups excluding carboxylic acids is 1. The largest absolute Gasteiger partial charge is 0.495 e. The van der Waals surface area contributed by atoms with Gasteiger partial charge in [0, 0.05) is 16.6 Å². The predicted octanol–water partition coefficient (Wildman–Crippen LogP) is 4.43. The summed E-state index contributed by atoms with van der Waals surface area (Å²) in [5.74, 6) is -0.216. The molecule has 0 bridgehead atoms. The van der Waals surface area contributed by atoms with Gasteiger partial charge in [-0.2, -0.15) is 0 Å². The topological polar surface area (TPSA) is 84.5 Å². The Morgan fingerprint density at radius 2 is 1.77 bits per heavy atom. The van der Waals surface area contributed by atoms with Gasteiger partial charge in [0.05, 0.1) is 13.2 Å². The lowest BCUT2D eigenvalue weighted by Crippen LogP contribution is -2.28. The minimum Gasteiger partial charge on any atom is -0.495 e. The summed E-state index contributed by atoms with van der Waals surface area (Å²) in [4.78, 5) is 12.7. The van der Waals surface area contributed by atoms with Crippen LogP contribution in [0.4, 0.5) is 0 Å². The smallest absolute Gasteiger partial charge is 0.251 e. The van der Waals surface area contributed by atoms with Crippen LogP contribution in [0.2, 0.25) is 0 Å². The molecular formula is C23H23BrN2O4S. The number of hydrogen-bond acceptors (Lipinski definition) is 4. The summed E-state index contributed by atoms with van der Waals surface area (Å²) < 4.78 is 34.5. The van der Waals surface area contributed by atoms with Crippen molar-refractivity contribution in [2.75, 3.05) is 7.11 Å². The number of benzene rings is 3. The fourth-order valence-corrected chi connectivity index (χ4v) is 4.65. The monoisotopic (exact) mass is 502 g/mol. The van der Waals surface area contributed by atoms with Crippen molar-refractivity contribution < 1.29 is 17.9 Å². The lowest BCUT2D eigenvalue weighted by atomic mass is 10.1. The van der Waals surface area contributed by atoms with E-state index in [4.69, 9.17) is 4.74 Å². The summed E-state index contributed by atoms with van der Waals surface area (Å²) in [6.45, 7) is 1.99. The Balaban J connectivity index is 1.81. The first-order chi connectivity index (χ1) is 14.8. The van der Waals surface area contributed by atoms with E-state index in [1.807, 2.05) is 61.5 Å². The number of ether oxygens (including phenoxy) is 1. The molecular weight excluding hydrogens is 480 g/mol. The van der Waals surface area contributed by atoms with Crippen molar-refractivity contribution in [1.82, 2.24) is 10.0 Å². The molecule has 0 heterocycles. The van der Waals surface area contributed by atoms with Crippen LogP contribution in [0.15, 0.2) is 82.2 Å². The lowest BCUT2D eigenvalue weighted by Gasteiger charge is -2.16. The number of rotatable bonds is 8. The van der Waals surface area contributed by atoms with E-state index >= 15 is 0 Å². The maximum Gasteiger partial charge on any atom is 0.251 e. The first-order valence-electron chi connectivity index (χ1n) is 9.58. The van der Waals surface area contributed by atoms with Crippen LogP contribution in [0, 0.1) is 0 Å². The Kier molecular flexibility index (Phi) is 7.48. The van der Waals surface area contributed by atoms with Gasteiger partial charge in [-0.15, -0.1) is 0 Å². The minimum absolute atomic E-state index is 0.0892. The number of methoxy groups -OCH3 is 1. The van der Waals surface area contributed by atoms with E-state index in [1.165, 1.54) is 25.3 Å². The Bertz CT molecular complexity index is 1170. The van der Waals surface area contributed by atoms with Gasteiger partial charge in [0.2, 0.25) is 10.0 Å². The van der Waals surface area contributed by atoms with Crippen LogP contribution in [0.3, 0.4) is 0 Å². The zero-order chi connectivity index (χ0) is 22.4. The molecule has 0 aliphatic heterocycles. The van der Waals surface area contributed by atoms with E-state index in [2.05, 4.69) is 26.0 Å². The summed E-state index contributed by atoms with van der Waals surface area (Å²) in [5, 5.41) is 2.90. The van der Waals surface area contributed by atoms with Crippen molar-refractivity contribution in [3.8, 4) is 5.75 Å². The highest BCUT2D eigenvalue weighted by Gasteiger charge is 2.22. The molecule has 6 nitrogen and oxygen atoms in total. The molecule has 31 heavy (non-hydrogen) atoms. The highest BCUT2D eigenvalue weighted by molar-refractivity contribution is 9.10. The molecule has 8 heteroatoms. The Morgan fingerprint density at radius 3 is 2.45 bits per heavy atom. The van der Waals surface area contributed by atoms with Gasteiger partial charge in [-0.1, -0.05) is 58.4 Å². The molecule has 2 N–H and O–H groups in total. The highest BCUT2D eigenvalue weighted by atomic mass is 79.9. The third-order valence-electron chi connectivity index (χ3n) is 4.72. The second-order valence-electron chi connectivity index (χ2n) is 6.93. The zero-order valence-electron chi connectivity index (χ0n) is 17.1. The number of hydrogen-bond donors (Lipinski definition) is 2. The average Bonchev–Trinajstić information content (AvgIpc) is 2.78. The van der Waals surface area contributed by atoms with Gasteiger partial charge < -0.3 is 10.1 Å². The molecule has 0 aliphatic carbocycles. The van der Waals surface area contributed by atoms with Gasteiger partial charge in [0.1, 0.15) is 10.6 Å². The van der Waals surface area contributed by atoms with Crippen LogP contribution >= 0.6 is 15.9 Å². The Morgan fingerprint density at radius 1 is 1.03 bits per heavy atom. The van der Waals surface area contributed by atoms with Crippen molar-refractivity contribution in [1.29, 1.82) is 0 Å². The van der Waals surface area contributed by atoms with E-state index in [-0.39, 0.29) is 34.7 Å². The summed E-state index contributed by atoms with van der Waals surface area (Å²) >= 11 is 3.42. The molecule has 0 fully saturated rings. The number of carbonyl (C=O) groups is 1. The maximum atomic E-state index is 12.9. The molecule has 0 aliphatic rings. The second-order valence-corrected chi connectivity index (χ2v) is 9.58. The summed E-state index contributed by atoms with van der Waals surface area (Å²) in [6.07, 6.45) is 0. The number of nitrogens with one attached hydrogen (secondary N) is 2. The standard InChI is InChI=1S/C23H23BrN2O4S/c1-16(18-9-6-10-20(24)13-18)26-23(27)19-11-12-21(30-2)22(14-19)31(28,29)25-15-17-7-4-3-5-8-17/h3-14,16,25H,15H2,1-2H3,(H,26,27). The van der Waals surface area contributed by atoms with E-state index in [1.54, 1.807) is 0 Å². The fraction of sp³-hybridized carbons (Fsp3) is 0.174. The highest BCUT2D eigenvalue weighted by Crippen LogP contribution is 2.26. The van der Waals surface area contributed by atoms with Crippen LogP contribution in [0.25, 0.3) is 0 Å². The summed E-state index contributed by atoms with van der Waals surface area (Å²) in [5.41, 5.74) is 1.97. The van der Waals surface area contributed by atoms with Crippen LogP contribution in [-0.4, -0.2) is 21.4 Å². The van der Waals surface area contributed by atoms with Gasteiger partial charge >= 0.3 is 0 Å². The quantitative estimate of drug-likeness (QED) is 0.477. The van der Waals surface area contributed by atoms with Gasteiger partial charge in [-0.05, 0) is 48.4 Å². The van der Waals surface area contributed by atoms with E-state index in [0.29, 0.717) is 0 Å². The first-order valence-corrected chi connectivity index (χ1v) is 11.9. The van der Waals surface area contributed by atoms with Gasteiger partial charge in [-0.25, -0.2) is 13.1 Å². The molecule has 0 radical (unpaired) electrons. The van der Waals surface area contributed by atoms with E-state index < -0.39 is 10.0 Å². The molecule has 3 aromatic carbocycles. The molecule has 0 aromatic heterocycles. The molecule has 3 rings (SSSR count). The Labute approximate surface area is 190 Å². The van der Waals surface area contributed by atoms with Crippen molar-refractivity contribution in [3.05, 3.63) is 94.0 Å². The molecule has 1 amide bonds. The first kappa shape index (κ1) is 23.0. The molecule has 1 atom stereocenters. The average molecular weight is 503 g/mol. The number of sulfonamides is 1. The van der Waals surface area contributed by atoms with Crippen molar-refractivity contribution in [2.45, 2.75) is 24.4 Å². The normalized spacial score (nSPS) is 12.2. The molecule has 0 saturated carbocycles. The number of halogens is 1. The van der Waals surface area contributed by atoms with E-state index in [9.17, 15) is 13.2 Å². The second kappa shape index (κ2) is 10.1. The number of amides is 1. The van der Waals surface area contributed by atoms with Gasteiger partial charge in [0.15, 0.2) is 0 Å². The Hall–Kier alpha value is -2.68. The minimum atomic E-state index is -3.90. The van der Waals surface area contributed by atoms with Crippen LogP contribution < -0.4 is 14.8 Å². The van der Waals surface area contributed by atoms with Crippen LogP contribution in [-0.2, 0) is 16.6 Å². The molecule has 0 spiro atoms. The zero-order valence-corrected chi connectivity index (χ0v) is 19.5. The predicted molar refractivity (Wildman–Crippen MR) is 123 cm³/mol. The van der Waals surface area contributed by atoms with Crippen molar-refractivity contribution >= 4 is 31.9 Å². The molecule has 3 aromatic rings. The van der Waals surface area contributed by atoms with Crippen LogP contribution in [0.1, 0.15) is 34.5 Å². The van der Waals surface area contributed by atoms with Gasteiger partial charge in [-0.3, -0.25) is 4.79 Å². The van der Waals surface area contributed by atoms with E-state index in [0.717, 1.165) is 15.6 Å². The lowest BCUT2D eigenvalue weighted by molar-refractivity contribution is 0.0939.